The van der Waals surface area contributed by atoms with Gasteiger partial charge in [-0.25, -0.2) is 4.98 Å². The van der Waals surface area contributed by atoms with E-state index < -0.39 is 0 Å². The topological polar surface area (TPSA) is 37.0 Å². The monoisotopic (exact) mass is 219 g/mol. The fourth-order valence-electron chi connectivity index (χ4n) is 2.46. The first-order chi connectivity index (χ1) is 7.79. The third kappa shape index (κ3) is 2.65. The van der Waals surface area contributed by atoms with E-state index in [0.29, 0.717) is 6.04 Å². The molecule has 16 heavy (non-hydrogen) atoms. The van der Waals surface area contributed by atoms with Gasteiger partial charge in [0, 0.05) is 13.1 Å². The minimum atomic E-state index is 0.530. The molecule has 2 N–H and O–H groups in total. The second-order valence-electron chi connectivity index (χ2n) is 4.64. The van der Waals surface area contributed by atoms with Crippen molar-refractivity contribution in [3.8, 4) is 0 Å². The number of aromatic nitrogens is 1. The third-order valence-corrected chi connectivity index (χ3v) is 3.49. The van der Waals surface area contributed by atoms with E-state index in [4.69, 9.17) is 0 Å². The van der Waals surface area contributed by atoms with Gasteiger partial charge in [-0.05, 0) is 37.8 Å². The number of nitrogens with one attached hydrogen (secondary N) is 2. The van der Waals surface area contributed by atoms with Crippen LogP contribution in [0.5, 0.6) is 0 Å². The lowest BCUT2D eigenvalue weighted by Crippen LogP contribution is -2.24. The maximum Gasteiger partial charge on any atom is 0.128 e. The Morgan fingerprint density at radius 2 is 1.94 bits per heavy atom. The molecular formula is C13H21N3. The minimum Gasteiger partial charge on any atom is -0.373 e. The molecule has 88 valence electrons. The van der Waals surface area contributed by atoms with Gasteiger partial charge in [-0.15, -0.1) is 0 Å². The molecule has 1 aliphatic rings. The Morgan fingerprint density at radius 3 is 2.62 bits per heavy atom. The molecule has 3 nitrogen and oxygen atoms in total. The van der Waals surface area contributed by atoms with E-state index in [2.05, 4.69) is 22.5 Å². The van der Waals surface area contributed by atoms with Crippen LogP contribution in [0.25, 0.3) is 0 Å². The van der Waals surface area contributed by atoms with E-state index in [1.54, 1.807) is 0 Å². The number of hydrogen-bond donors (Lipinski definition) is 2. The van der Waals surface area contributed by atoms with E-state index >= 15 is 0 Å². The summed E-state index contributed by atoms with van der Waals surface area (Å²) in [5.41, 5.74) is 0. The number of hydrogen-bond acceptors (Lipinski definition) is 3. The van der Waals surface area contributed by atoms with Crippen LogP contribution in [-0.4, -0.2) is 18.1 Å². The van der Waals surface area contributed by atoms with E-state index in [-0.39, 0.29) is 0 Å². The Hall–Kier alpha value is -1.25. The van der Waals surface area contributed by atoms with Crippen LogP contribution in [0.2, 0.25) is 0 Å². The van der Waals surface area contributed by atoms with Gasteiger partial charge in [-0.3, -0.25) is 0 Å². The van der Waals surface area contributed by atoms with E-state index in [0.717, 1.165) is 17.6 Å². The van der Waals surface area contributed by atoms with Gasteiger partial charge < -0.3 is 10.6 Å². The summed E-state index contributed by atoms with van der Waals surface area (Å²) in [7, 11) is 1.90. The fraction of sp³-hybridized carbons (Fsp3) is 0.615. The summed E-state index contributed by atoms with van der Waals surface area (Å²) in [6.07, 6.45) is 5.50. The normalized spacial score (nSPS) is 18.4. The highest BCUT2D eigenvalue weighted by Crippen LogP contribution is 2.28. The molecule has 0 radical (unpaired) electrons. The van der Waals surface area contributed by atoms with Crippen molar-refractivity contribution in [3.63, 3.8) is 0 Å². The summed E-state index contributed by atoms with van der Waals surface area (Å²) in [6, 6.07) is 6.57. The van der Waals surface area contributed by atoms with Crippen molar-refractivity contribution in [1.29, 1.82) is 0 Å². The van der Waals surface area contributed by atoms with Crippen molar-refractivity contribution in [3.05, 3.63) is 18.2 Å². The summed E-state index contributed by atoms with van der Waals surface area (Å²) in [4.78, 5) is 4.48. The quantitative estimate of drug-likeness (QED) is 0.817. The van der Waals surface area contributed by atoms with Gasteiger partial charge in [0.2, 0.25) is 0 Å². The second kappa shape index (κ2) is 5.19. The first-order valence-electron chi connectivity index (χ1n) is 6.21. The zero-order valence-corrected chi connectivity index (χ0v) is 10.2. The molecule has 1 heterocycles. The van der Waals surface area contributed by atoms with Crippen molar-refractivity contribution in [2.24, 2.45) is 5.92 Å². The molecule has 1 aliphatic carbocycles. The summed E-state index contributed by atoms with van der Waals surface area (Å²) in [5, 5.41) is 6.57. The van der Waals surface area contributed by atoms with E-state index in [1.807, 2.05) is 25.2 Å². The predicted octanol–water partition coefficient (Wildman–Crippen LogP) is 3.11. The first-order valence-corrected chi connectivity index (χ1v) is 6.21. The summed E-state index contributed by atoms with van der Waals surface area (Å²) in [6.45, 7) is 2.27. The van der Waals surface area contributed by atoms with Crippen LogP contribution in [0.4, 0.5) is 11.6 Å². The van der Waals surface area contributed by atoms with Gasteiger partial charge in [0.1, 0.15) is 11.6 Å². The van der Waals surface area contributed by atoms with Crippen LogP contribution >= 0.6 is 0 Å². The maximum atomic E-state index is 4.48. The van der Waals surface area contributed by atoms with Crippen LogP contribution in [0.3, 0.4) is 0 Å². The van der Waals surface area contributed by atoms with Crippen molar-refractivity contribution in [2.75, 3.05) is 17.7 Å². The van der Waals surface area contributed by atoms with E-state index in [1.165, 1.54) is 25.7 Å². The molecule has 0 bridgehead atoms. The number of nitrogens with zero attached hydrogens (tertiary/aromatic N) is 1. The summed E-state index contributed by atoms with van der Waals surface area (Å²) < 4.78 is 0. The molecule has 0 spiro atoms. The van der Waals surface area contributed by atoms with Crippen LogP contribution in [0, 0.1) is 5.92 Å². The Morgan fingerprint density at radius 1 is 1.25 bits per heavy atom. The lowest BCUT2D eigenvalue weighted by atomic mass is 10.00. The average molecular weight is 219 g/mol. The van der Waals surface area contributed by atoms with Crippen molar-refractivity contribution >= 4 is 11.6 Å². The van der Waals surface area contributed by atoms with Crippen LogP contribution < -0.4 is 10.6 Å². The molecule has 0 aliphatic heterocycles. The Bertz CT molecular complexity index is 332. The highest BCUT2D eigenvalue weighted by Gasteiger charge is 2.21. The number of pyridine rings is 1. The smallest absolute Gasteiger partial charge is 0.128 e. The molecule has 1 unspecified atom stereocenters. The predicted molar refractivity (Wildman–Crippen MR) is 68.8 cm³/mol. The fourth-order valence-corrected chi connectivity index (χ4v) is 2.46. The Kier molecular flexibility index (Phi) is 3.65. The summed E-state index contributed by atoms with van der Waals surface area (Å²) >= 11 is 0. The van der Waals surface area contributed by atoms with Crippen LogP contribution in [0.15, 0.2) is 18.2 Å². The van der Waals surface area contributed by atoms with Crippen molar-refractivity contribution < 1.29 is 0 Å². The molecule has 0 aromatic carbocycles. The second-order valence-corrected chi connectivity index (χ2v) is 4.64. The molecule has 0 saturated heterocycles. The Labute approximate surface area is 97.7 Å². The minimum absolute atomic E-state index is 0.530. The van der Waals surface area contributed by atoms with Gasteiger partial charge in [0.25, 0.3) is 0 Å². The number of rotatable bonds is 4. The van der Waals surface area contributed by atoms with Gasteiger partial charge in [0.05, 0.1) is 0 Å². The standard InChI is InChI=1S/C13H21N3/c1-10(11-6-3-4-7-11)15-13-9-5-8-12(14-2)16-13/h5,8-11H,3-4,6-7H2,1-2H3,(H2,14,15,16). The van der Waals surface area contributed by atoms with Gasteiger partial charge in [-0.1, -0.05) is 18.9 Å². The van der Waals surface area contributed by atoms with Crippen molar-refractivity contribution in [1.82, 2.24) is 4.98 Å². The highest BCUT2D eigenvalue weighted by atomic mass is 15.1. The highest BCUT2D eigenvalue weighted by molar-refractivity contribution is 5.45. The molecule has 1 fully saturated rings. The van der Waals surface area contributed by atoms with Gasteiger partial charge in [0.15, 0.2) is 0 Å². The molecule has 1 saturated carbocycles. The molecule has 0 amide bonds. The zero-order chi connectivity index (χ0) is 11.4. The first kappa shape index (κ1) is 11.2. The average Bonchev–Trinajstić information content (AvgIpc) is 2.83. The molecular weight excluding hydrogens is 198 g/mol. The third-order valence-electron chi connectivity index (χ3n) is 3.49. The van der Waals surface area contributed by atoms with E-state index in [9.17, 15) is 0 Å². The summed E-state index contributed by atoms with van der Waals surface area (Å²) in [5.74, 6) is 2.72. The van der Waals surface area contributed by atoms with Crippen molar-refractivity contribution in [2.45, 2.75) is 38.6 Å². The maximum absolute atomic E-state index is 4.48. The van der Waals surface area contributed by atoms with Gasteiger partial charge >= 0.3 is 0 Å². The SMILES string of the molecule is CNc1cccc(NC(C)C2CCCC2)n1. The van der Waals surface area contributed by atoms with Crippen LogP contribution in [-0.2, 0) is 0 Å². The molecule has 1 atom stereocenters. The molecule has 3 heteroatoms. The molecule has 1 aromatic rings. The zero-order valence-electron chi connectivity index (χ0n) is 10.2. The largest absolute Gasteiger partial charge is 0.373 e. The lowest BCUT2D eigenvalue weighted by Gasteiger charge is -2.21. The molecule has 1 aromatic heterocycles. The van der Waals surface area contributed by atoms with Crippen LogP contribution in [0.1, 0.15) is 32.6 Å². The Balaban J connectivity index is 1.96. The number of anilines is 2. The molecule has 2 rings (SSSR count). The van der Waals surface area contributed by atoms with Gasteiger partial charge in [-0.2, -0.15) is 0 Å². The lowest BCUT2D eigenvalue weighted by molar-refractivity contribution is 0.481.